The van der Waals surface area contributed by atoms with E-state index in [0.717, 1.165) is 5.56 Å². The summed E-state index contributed by atoms with van der Waals surface area (Å²) in [6.07, 6.45) is 1.91. The Balaban J connectivity index is 1.84. The molecule has 0 atom stereocenters. The Kier molecular flexibility index (Phi) is 4.41. The second-order valence-electron chi connectivity index (χ2n) is 4.91. The molecule has 0 N–H and O–H groups in total. The summed E-state index contributed by atoms with van der Waals surface area (Å²) in [4.78, 5) is 14.5. The first kappa shape index (κ1) is 15.0. The third-order valence-corrected chi connectivity index (χ3v) is 4.88. The minimum absolute atomic E-state index is 0.00429. The molecule has 0 spiro atoms. The van der Waals surface area contributed by atoms with Crippen LogP contribution in [0.3, 0.4) is 0 Å². The maximum Gasteiger partial charge on any atom is 0.266 e. The number of thioether (sulfide) groups is 1. The van der Waals surface area contributed by atoms with Crippen molar-refractivity contribution in [2.75, 3.05) is 6.54 Å². The highest BCUT2D eigenvalue weighted by molar-refractivity contribution is 8.26. The molecule has 0 unspecified atom stereocenters. The van der Waals surface area contributed by atoms with Crippen LogP contribution in [0.25, 0.3) is 17.2 Å². The second-order valence-corrected chi connectivity index (χ2v) is 6.59. The Hall–Kier alpha value is -1.91. The van der Waals surface area contributed by atoms with Crippen molar-refractivity contribution < 1.29 is 4.79 Å². The molecule has 3 rings (SSSR count). The summed E-state index contributed by atoms with van der Waals surface area (Å²) in [6, 6.07) is 18.4. The van der Waals surface area contributed by atoms with E-state index in [2.05, 4.69) is 24.3 Å². The lowest BCUT2D eigenvalue weighted by atomic mass is 10.0. The molecule has 22 heavy (non-hydrogen) atoms. The van der Waals surface area contributed by atoms with Crippen molar-refractivity contribution >= 4 is 40.3 Å². The second kappa shape index (κ2) is 6.46. The molecule has 2 nitrogen and oxygen atoms in total. The van der Waals surface area contributed by atoms with Crippen LogP contribution in [0, 0.1) is 0 Å². The van der Waals surface area contributed by atoms with Gasteiger partial charge < -0.3 is 0 Å². The topological polar surface area (TPSA) is 20.3 Å². The number of rotatable bonds is 3. The highest BCUT2D eigenvalue weighted by atomic mass is 32.2. The van der Waals surface area contributed by atoms with Crippen LogP contribution >= 0.6 is 24.0 Å². The number of carbonyl (C=O) groups excluding carboxylic acids is 1. The van der Waals surface area contributed by atoms with Gasteiger partial charge in [-0.15, -0.1) is 0 Å². The summed E-state index contributed by atoms with van der Waals surface area (Å²) in [5.41, 5.74) is 3.36. The van der Waals surface area contributed by atoms with Gasteiger partial charge in [-0.3, -0.25) is 9.69 Å². The third kappa shape index (κ3) is 2.98. The van der Waals surface area contributed by atoms with Crippen molar-refractivity contribution in [3.05, 3.63) is 65.1 Å². The van der Waals surface area contributed by atoms with Crippen LogP contribution in [-0.4, -0.2) is 21.7 Å². The van der Waals surface area contributed by atoms with Crippen LogP contribution < -0.4 is 0 Å². The fraction of sp³-hybridized carbons (Fsp3) is 0.111. The summed E-state index contributed by atoms with van der Waals surface area (Å²) >= 11 is 6.59. The number of likely N-dealkylation sites (N-methyl/N-ethyl adjacent to an activating group) is 1. The number of thiocarbonyl (C=S) groups is 1. The maximum atomic E-state index is 12.2. The minimum Gasteiger partial charge on any atom is -0.293 e. The molecule has 1 aliphatic heterocycles. The quantitative estimate of drug-likeness (QED) is 0.609. The summed E-state index contributed by atoms with van der Waals surface area (Å²) in [6.45, 7) is 2.55. The fourth-order valence-corrected chi connectivity index (χ4v) is 3.71. The average Bonchev–Trinajstić information content (AvgIpc) is 2.82. The molecule has 1 amide bonds. The molecule has 1 heterocycles. The Labute approximate surface area is 139 Å². The van der Waals surface area contributed by atoms with Crippen LogP contribution in [0.2, 0.25) is 0 Å². The molecule has 0 aliphatic carbocycles. The molecule has 1 aliphatic rings. The first-order chi connectivity index (χ1) is 10.7. The lowest BCUT2D eigenvalue weighted by molar-refractivity contribution is -0.121. The van der Waals surface area contributed by atoms with Gasteiger partial charge >= 0.3 is 0 Å². The summed E-state index contributed by atoms with van der Waals surface area (Å²) in [5.74, 6) is 0.00429. The molecular formula is C18H15NOS2. The van der Waals surface area contributed by atoms with E-state index in [-0.39, 0.29) is 5.91 Å². The molecule has 2 aromatic rings. The zero-order valence-corrected chi connectivity index (χ0v) is 13.8. The largest absolute Gasteiger partial charge is 0.293 e. The first-order valence-electron chi connectivity index (χ1n) is 7.10. The Morgan fingerprint density at radius 2 is 1.68 bits per heavy atom. The molecule has 1 fully saturated rings. The molecule has 0 saturated carbocycles. The fourth-order valence-electron chi connectivity index (χ4n) is 2.33. The highest BCUT2D eigenvalue weighted by Gasteiger charge is 2.30. The van der Waals surface area contributed by atoms with Crippen molar-refractivity contribution in [3.63, 3.8) is 0 Å². The predicted molar refractivity (Wildman–Crippen MR) is 97.4 cm³/mol. The van der Waals surface area contributed by atoms with Gasteiger partial charge in [0, 0.05) is 6.54 Å². The monoisotopic (exact) mass is 325 g/mol. The van der Waals surface area contributed by atoms with E-state index < -0.39 is 0 Å². The zero-order valence-electron chi connectivity index (χ0n) is 12.2. The van der Waals surface area contributed by atoms with Crippen LogP contribution in [0.1, 0.15) is 12.5 Å². The average molecular weight is 325 g/mol. The molecule has 2 aromatic carbocycles. The van der Waals surface area contributed by atoms with E-state index in [1.807, 2.05) is 43.3 Å². The van der Waals surface area contributed by atoms with Gasteiger partial charge in [-0.25, -0.2) is 0 Å². The molecule has 0 aromatic heterocycles. The van der Waals surface area contributed by atoms with Gasteiger partial charge in [-0.05, 0) is 29.7 Å². The normalized spacial score (nSPS) is 16.6. The van der Waals surface area contributed by atoms with Crippen LogP contribution in [-0.2, 0) is 4.79 Å². The Morgan fingerprint density at radius 3 is 2.27 bits per heavy atom. The van der Waals surface area contributed by atoms with E-state index in [0.29, 0.717) is 15.8 Å². The van der Waals surface area contributed by atoms with Crippen molar-refractivity contribution in [2.45, 2.75) is 6.92 Å². The molecule has 0 bridgehead atoms. The summed E-state index contributed by atoms with van der Waals surface area (Å²) < 4.78 is 0.639. The molecule has 4 heteroatoms. The van der Waals surface area contributed by atoms with Gasteiger partial charge in [0.25, 0.3) is 5.91 Å². The van der Waals surface area contributed by atoms with Gasteiger partial charge in [0.05, 0.1) is 4.91 Å². The molecule has 0 radical (unpaired) electrons. The number of amides is 1. The van der Waals surface area contributed by atoms with Gasteiger partial charge in [0.1, 0.15) is 4.32 Å². The van der Waals surface area contributed by atoms with Gasteiger partial charge in [0.2, 0.25) is 0 Å². The standard InChI is InChI=1S/C18H15NOS2/c1-2-19-17(20)16(22-18(19)21)12-13-8-10-15(11-9-13)14-6-4-3-5-7-14/h3-12H,2H2,1H3/b16-12-. The number of carbonyl (C=O) groups is 1. The van der Waals surface area contributed by atoms with Gasteiger partial charge in [-0.1, -0.05) is 78.6 Å². The lowest BCUT2D eigenvalue weighted by Gasteiger charge is -2.09. The van der Waals surface area contributed by atoms with Crippen LogP contribution in [0.4, 0.5) is 0 Å². The maximum absolute atomic E-state index is 12.2. The summed E-state index contributed by atoms with van der Waals surface area (Å²) in [5, 5.41) is 0. The highest BCUT2D eigenvalue weighted by Crippen LogP contribution is 2.32. The minimum atomic E-state index is 0.00429. The van der Waals surface area contributed by atoms with Crippen LogP contribution in [0.15, 0.2) is 59.5 Å². The van der Waals surface area contributed by atoms with E-state index in [4.69, 9.17) is 12.2 Å². The van der Waals surface area contributed by atoms with Crippen molar-refractivity contribution in [2.24, 2.45) is 0 Å². The Bertz CT molecular complexity index is 735. The summed E-state index contributed by atoms with van der Waals surface area (Å²) in [7, 11) is 0. The van der Waals surface area contributed by atoms with Crippen molar-refractivity contribution in [1.82, 2.24) is 4.90 Å². The number of benzene rings is 2. The Morgan fingerprint density at radius 1 is 1.05 bits per heavy atom. The number of nitrogens with zero attached hydrogens (tertiary/aromatic N) is 1. The number of hydrogen-bond acceptors (Lipinski definition) is 3. The molecular weight excluding hydrogens is 310 g/mol. The van der Waals surface area contributed by atoms with E-state index in [1.165, 1.54) is 22.9 Å². The SMILES string of the molecule is CCN1C(=O)/C(=C/c2ccc(-c3ccccc3)cc2)SC1=S. The molecule has 1 saturated heterocycles. The lowest BCUT2D eigenvalue weighted by Crippen LogP contribution is -2.27. The number of hydrogen-bond donors (Lipinski definition) is 0. The molecule has 110 valence electrons. The van der Waals surface area contributed by atoms with Crippen molar-refractivity contribution in [3.8, 4) is 11.1 Å². The zero-order chi connectivity index (χ0) is 15.5. The van der Waals surface area contributed by atoms with Gasteiger partial charge in [-0.2, -0.15) is 0 Å². The third-order valence-electron chi connectivity index (χ3n) is 3.51. The first-order valence-corrected chi connectivity index (χ1v) is 8.32. The van der Waals surface area contributed by atoms with Crippen LogP contribution in [0.5, 0.6) is 0 Å². The van der Waals surface area contributed by atoms with Gasteiger partial charge in [0.15, 0.2) is 0 Å². The van der Waals surface area contributed by atoms with E-state index in [1.54, 1.807) is 4.90 Å². The predicted octanol–water partition coefficient (Wildman–Crippen LogP) is 4.57. The van der Waals surface area contributed by atoms with E-state index >= 15 is 0 Å². The smallest absolute Gasteiger partial charge is 0.266 e. The van der Waals surface area contributed by atoms with Crippen molar-refractivity contribution in [1.29, 1.82) is 0 Å². The van der Waals surface area contributed by atoms with E-state index in [9.17, 15) is 4.79 Å².